The normalized spacial score (nSPS) is 17.9. The molecule has 0 N–H and O–H groups in total. The fraction of sp³-hybridized carbons (Fsp3) is 0.300. The van der Waals surface area contributed by atoms with Gasteiger partial charge in [-0.2, -0.15) is 0 Å². The molecule has 1 amide bonds. The fourth-order valence-electron chi connectivity index (χ4n) is 3.37. The second-order valence-corrected chi connectivity index (χ2v) is 10.1. The highest BCUT2D eigenvalue weighted by atomic mass is 32.2. The molecule has 0 radical (unpaired) electrons. The second-order valence-electron chi connectivity index (χ2n) is 6.89. The Morgan fingerprint density at radius 2 is 2.10 bits per heavy atom. The standard InChI is InChI=1S/C20H20N2O5S2/c1-26-16-6-4-14(5-7-16)12-22(15-8-10-29(24,25)13-15)20(23)17-11-18(27-21-17)19-3-2-9-28-19/h2-7,9,11,15H,8,10,12-13H2,1H3/t15-/m1/s1. The van der Waals surface area contributed by atoms with E-state index in [9.17, 15) is 13.2 Å². The molecule has 0 saturated carbocycles. The van der Waals surface area contributed by atoms with Crippen molar-refractivity contribution in [2.75, 3.05) is 18.6 Å². The molecule has 1 aromatic carbocycles. The third-order valence-electron chi connectivity index (χ3n) is 4.92. The van der Waals surface area contributed by atoms with E-state index in [1.165, 1.54) is 11.3 Å². The molecule has 7 nitrogen and oxygen atoms in total. The van der Waals surface area contributed by atoms with Gasteiger partial charge >= 0.3 is 0 Å². The van der Waals surface area contributed by atoms with E-state index < -0.39 is 15.9 Å². The zero-order chi connectivity index (χ0) is 20.4. The van der Waals surface area contributed by atoms with Gasteiger partial charge in [0.05, 0.1) is 23.5 Å². The number of sulfone groups is 1. The minimum Gasteiger partial charge on any atom is -0.497 e. The summed E-state index contributed by atoms with van der Waals surface area (Å²) in [6.45, 7) is 0.282. The van der Waals surface area contributed by atoms with Crippen LogP contribution >= 0.6 is 11.3 Å². The van der Waals surface area contributed by atoms with Crippen molar-refractivity contribution in [1.82, 2.24) is 10.1 Å². The van der Waals surface area contributed by atoms with E-state index >= 15 is 0 Å². The van der Waals surface area contributed by atoms with Gasteiger partial charge in [0.1, 0.15) is 5.75 Å². The number of benzene rings is 1. The number of amides is 1. The molecule has 1 atom stereocenters. The average molecular weight is 433 g/mol. The summed E-state index contributed by atoms with van der Waals surface area (Å²) >= 11 is 1.49. The van der Waals surface area contributed by atoms with Crippen LogP contribution in [0.3, 0.4) is 0 Å². The van der Waals surface area contributed by atoms with Gasteiger partial charge < -0.3 is 14.2 Å². The highest BCUT2D eigenvalue weighted by molar-refractivity contribution is 7.91. The Bertz CT molecular complexity index is 1090. The van der Waals surface area contributed by atoms with Crippen molar-refractivity contribution in [1.29, 1.82) is 0 Å². The summed E-state index contributed by atoms with van der Waals surface area (Å²) in [4.78, 5) is 15.7. The Hall–Kier alpha value is -2.65. The topological polar surface area (TPSA) is 89.7 Å². The minimum absolute atomic E-state index is 0.0372. The smallest absolute Gasteiger partial charge is 0.276 e. The molecule has 9 heteroatoms. The first kappa shape index (κ1) is 19.7. The first-order valence-electron chi connectivity index (χ1n) is 9.10. The molecule has 1 aliphatic rings. The van der Waals surface area contributed by atoms with Crippen LogP contribution in [-0.2, 0) is 16.4 Å². The van der Waals surface area contributed by atoms with Crippen molar-refractivity contribution in [2.45, 2.75) is 19.0 Å². The van der Waals surface area contributed by atoms with Gasteiger partial charge in [-0.1, -0.05) is 23.4 Å². The number of hydrogen-bond acceptors (Lipinski definition) is 7. The van der Waals surface area contributed by atoms with Crippen molar-refractivity contribution >= 4 is 27.1 Å². The molecule has 1 saturated heterocycles. The van der Waals surface area contributed by atoms with E-state index in [4.69, 9.17) is 9.26 Å². The maximum atomic E-state index is 13.2. The van der Waals surface area contributed by atoms with Crippen LogP contribution in [0.2, 0.25) is 0 Å². The van der Waals surface area contributed by atoms with Crippen LogP contribution in [0, 0.1) is 0 Å². The van der Waals surface area contributed by atoms with Gasteiger partial charge in [0.2, 0.25) is 0 Å². The number of thiophene rings is 1. The van der Waals surface area contributed by atoms with Crippen molar-refractivity contribution in [3.05, 3.63) is 59.1 Å². The number of carbonyl (C=O) groups is 1. The van der Waals surface area contributed by atoms with Crippen LogP contribution in [0.5, 0.6) is 5.75 Å². The maximum absolute atomic E-state index is 13.2. The van der Waals surface area contributed by atoms with Crippen molar-refractivity contribution in [2.24, 2.45) is 0 Å². The Kier molecular flexibility index (Phi) is 5.42. The van der Waals surface area contributed by atoms with Gasteiger partial charge in [0, 0.05) is 18.7 Å². The predicted octanol–water partition coefficient (Wildman–Crippen LogP) is 3.24. The molecular weight excluding hydrogens is 412 g/mol. The molecule has 2 aromatic heterocycles. The molecule has 1 aliphatic heterocycles. The van der Waals surface area contributed by atoms with Crippen molar-refractivity contribution in [3.63, 3.8) is 0 Å². The summed E-state index contributed by atoms with van der Waals surface area (Å²) in [5.41, 5.74) is 1.05. The summed E-state index contributed by atoms with van der Waals surface area (Å²) in [5, 5.41) is 5.86. The first-order valence-corrected chi connectivity index (χ1v) is 11.8. The lowest BCUT2D eigenvalue weighted by molar-refractivity contribution is 0.0670. The van der Waals surface area contributed by atoms with E-state index in [1.54, 1.807) is 18.1 Å². The largest absolute Gasteiger partial charge is 0.497 e. The van der Waals surface area contributed by atoms with E-state index in [0.29, 0.717) is 17.9 Å². The van der Waals surface area contributed by atoms with Crippen molar-refractivity contribution < 1.29 is 22.5 Å². The van der Waals surface area contributed by atoms with E-state index in [2.05, 4.69) is 5.16 Å². The van der Waals surface area contributed by atoms with E-state index in [0.717, 1.165) is 10.4 Å². The maximum Gasteiger partial charge on any atom is 0.276 e. The van der Waals surface area contributed by atoms with Gasteiger partial charge in [-0.3, -0.25) is 4.79 Å². The third kappa shape index (κ3) is 4.35. The average Bonchev–Trinajstić information content (AvgIpc) is 3.46. The second kappa shape index (κ2) is 8.00. The first-order chi connectivity index (χ1) is 13.9. The highest BCUT2D eigenvalue weighted by Crippen LogP contribution is 2.27. The molecule has 1 fully saturated rings. The fourth-order valence-corrected chi connectivity index (χ4v) is 5.78. The number of hydrogen-bond donors (Lipinski definition) is 0. The summed E-state index contributed by atoms with van der Waals surface area (Å²) in [5.74, 6) is 0.946. The van der Waals surface area contributed by atoms with Gasteiger partial charge in [0.25, 0.3) is 5.91 Å². The number of rotatable bonds is 6. The van der Waals surface area contributed by atoms with Crippen LogP contribution in [0.4, 0.5) is 0 Å². The Morgan fingerprint density at radius 3 is 2.72 bits per heavy atom. The van der Waals surface area contributed by atoms with Crippen LogP contribution in [-0.4, -0.2) is 49.0 Å². The Balaban J connectivity index is 1.61. The number of methoxy groups -OCH3 is 1. The summed E-state index contributed by atoms with van der Waals surface area (Å²) in [6.07, 6.45) is 0.417. The molecule has 0 spiro atoms. The van der Waals surface area contributed by atoms with Crippen LogP contribution < -0.4 is 4.74 Å². The lowest BCUT2D eigenvalue weighted by Gasteiger charge is -2.27. The number of nitrogens with zero attached hydrogens (tertiary/aromatic N) is 2. The minimum atomic E-state index is -3.15. The monoisotopic (exact) mass is 432 g/mol. The van der Waals surface area contributed by atoms with E-state index in [-0.39, 0.29) is 29.7 Å². The number of ether oxygens (including phenoxy) is 1. The molecule has 3 aromatic rings. The van der Waals surface area contributed by atoms with Crippen LogP contribution in [0.25, 0.3) is 10.6 Å². The Morgan fingerprint density at radius 1 is 1.31 bits per heavy atom. The van der Waals surface area contributed by atoms with Gasteiger partial charge in [-0.15, -0.1) is 11.3 Å². The molecule has 29 heavy (non-hydrogen) atoms. The van der Waals surface area contributed by atoms with Crippen LogP contribution in [0.15, 0.2) is 52.4 Å². The quantitative estimate of drug-likeness (QED) is 0.594. The summed E-state index contributed by atoms with van der Waals surface area (Å²) in [7, 11) is -1.56. The van der Waals surface area contributed by atoms with E-state index in [1.807, 2.05) is 41.8 Å². The number of aromatic nitrogens is 1. The molecule has 152 valence electrons. The zero-order valence-electron chi connectivity index (χ0n) is 15.8. The Labute approximate surface area is 172 Å². The molecule has 3 heterocycles. The highest BCUT2D eigenvalue weighted by Gasteiger charge is 2.36. The summed E-state index contributed by atoms with van der Waals surface area (Å²) in [6, 6.07) is 12.4. The van der Waals surface area contributed by atoms with Crippen LogP contribution in [0.1, 0.15) is 22.5 Å². The van der Waals surface area contributed by atoms with Gasteiger partial charge in [-0.25, -0.2) is 8.42 Å². The molecular formula is C20H20N2O5S2. The summed E-state index contributed by atoms with van der Waals surface area (Å²) < 4.78 is 34.5. The number of carbonyl (C=O) groups excluding carboxylic acids is 1. The molecule has 4 rings (SSSR count). The molecule has 0 unspecified atom stereocenters. The third-order valence-corrected chi connectivity index (χ3v) is 7.55. The zero-order valence-corrected chi connectivity index (χ0v) is 17.4. The van der Waals surface area contributed by atoms with Gasteiger partial charge in [-0.05, 0) is 35.6 Å². The molecule has 0 aliphatic carbocycles. The lowest BCUT2D eigenvalue weighted by Crippen LogP contribution is -2.40. The predicted molar refractivity (Wildman–Crippen MR) is 110 cm³/mol. The SMILES string of the molecule is COc1ccc(CN(C(=O)c2cc(-c3cccs3)on2)[C@@H]2CCS(=O)(=O)C2)cc1. The molecule has 0 bridgehead atoms. The van der Waals surface area contributed by atoms with Gasteiger partial charge in [0.15, 0.2) is 21.3 Å². The lowest BCUT2D eigenvalue weighted by atomic mass is 10.1. The van der Waals surface area contributed by atoms with Crippen molar-refractivity contribution in [3.8, 4) is 16.4 Å².